The number of rotatable bonds is 13. The van der Waals surface area contributed by atoms with E-state index in [2.05, 4.69) is 30.0 Å². The summed E-state index contributed by atoms with van der Waals surface area (Å²) in [7, 11) is -0.972. The fourth-order valence-electron chi connectivity index (χ4n) is 2.44. The lowest BCUT2D eigenvalue weighted by molar-refractivity contribution is -0.137. The average Bonchev–Trinajstić information content (AvgIpc) is 2.93. The molecule has 24 heavy (non-hydrogen) atoms. The molecule has 7 nitrogen and oxygen atoms in total. The van der Waals surface area contributed by atoms with Gasteiger partial charge in [0.1, 0.15) is 6.29 Å². The number of hydrogen-bond donors (Lipinski definition) is 1. The van der Waals surface area contributed by atoms with E-state index in [-0.39, 0.29) is 6.42 Å². The number of carboxylic acids is 1. The monoisotopic (exact) mass is 354 g/mol. The molecule has 0 aromatic carbocycles. The zero-order chi connectivity index (χ0) is 18.0. The van der Waals surface area contributed by atoms with Crippen molar-refractivity contribution in [3.8, 4) is 0 Å². The molecule has 1 N–H and O–H groups in total. The van der Waals surface area contributed by atoms with Gasteiger partial charge in [-0.1, -0.05) is 37.3 Å². The Hall–Kier alpha value is -1.54. The third kappa shape index (κ3) is 9.56. The van der Waals surface area contributed by atoms with E-state index >= 15 is 0 Å². The molecule has 0 aliphatic rings. The van der Waals surface area contributed by atoms with Gasteiger partial charge in [-0.3, -0.25) is 14.4 Å². The zero-order valence-corrected chi connectivity index (χ0v) is 16.1. The molecule has 8 heteroatoms. The summed E-state index contributed by atoms with van der Waals surface area (Å²) in [6.45, 7) is 9.48. The van der Waals surface area contributed by atoms with Crippen molar-refractivity contribution in [1.29, 1.82) is 0 Å². The van der Waals surface area contributed by atoms with Crippen LogP contribution in [-0.4, -0.2) is 58.4 Å². The summed E-state index contributed by atoms with van der Waals surface area (Å²) in [5.41, 5.74) is 0.816. The van der Waals surface area contributed by atoms with E-state index in [4.69, 9.17) is 5.11 Å². The van der Waals surface area contributed by atoms with Crippen LogP contribution in [0.3, 0.4) is 0 Å². The molecular formula is C16H30N4O3Si. The summed E-state index contributed by atoms with van der Waals surface area (Å²) in [5, 5.41) is 17.1. The highest BCUT2D eigenvalue weighted by atomic mass is 28.3. The van der Waals surface area contributed by atoms with Gasteiger partial charge < -0.3 is 9.90 Å². The molecule has 0 unspecified atom stereocenters. The number of hydrogen-bond acceptors (Lipinski definition) is 5. The first-order chi connectivity index (χ1) is 11.3. The average molecular weight is 355 g/mol. The highest BCUT2D eigenvalue weighted by Crippen LogP contribution is 2.13. The Kier molecular flexibility index (Phi) is 8.84. The molecule has 1 aromatic rings. The Balaban J connectivity index is 2.43. The third-order valence-electron chi connectivity index (χ3n) is 3.74. The first-order valence-electron chi connectivity index (χ1n) is 8.57. The molecule has 0 spiro atoms. The molecule has 0 atom stereocenters. The quantitative estimate of drug-likeness (QED) is 0.332. The van der Waals surface area contributed by atoms with Gasteiger partial charge >= 0.3 is 5.97 Å². The van der Waals surface area contributed by atoms with E-state index in [1.165, 1.54) is 12.5 Å². The molecule has 0 amide bonds. The van der Waals surface area contributed by atoms with Crippen molar-refractivity contribution in [2.24, 2.45) is 0 Å². The number of aldehydes is 1. The van der Waals surface area contributed by atoms with Crippen LogP contribution in [-0.2, 0) is 22.7 Å². The van der Waals surface area contributed by atoms with E-state index in [0.29, 0.717) is 26.1 Å². The van der Waals surface area contributed by atoms with Gasteiger partial charge in [0.15, 0.2) is 0 Å². The molecule has 1 heterocycles. The molecule has 1 rings (SSSR count). The van der Waals surface area contributed by atoms with E-state index in [9.17, 15) is 9.59 Å². The molecular weight excluding hydrogens is 324 g/mol. The molecule has 0 aliphatic heterocycles. The van der Waals surface area contributed by atoms with Crippen LogP contribution >= 0.6 is 0 Å². The predicted molar refractivity (Wildman–Crippen MR) is 95.6 cm³/mol. The second-order valence-electron chi connectivity index (χ2n) is 7.37. The molecule has 0 bridgehead atoms. The molecule has 0 radical (unpaired) electrons. The summed E-state index contributed by atoms with van der Waals surface area (Å²) in [6.07, 6.45) is 5.54. The first kappa shape index (κ1) is 20.5. The molecule has 1 aromatic heterocycles. The van der Waals surface area contributed by atoms with E-state index in [0.717, 1.165) is 24.9 Å². The van der Waals surface area contributed by atoms with Crippen molar-refractivity contribution in [1.82, 2.24) is 19.9 Å². The minimum atomic E-state index is -0.972. The van der Waals surface area contributed by atoms with Crippen LogP contribution in [0, 0.1) is 0 Å². The summed E-state index contributed by atoms with van der Waals surface area (Å²) >= 11 is 0. The zero-order valence-electron chi connectivity index (χ0n) is 15.1. The Morgan fingerprint density at radius 2 is 2.08 bits per heavy atom. The Bertz CT molecular complexity index is 514. The van der Waals surface area contributed by atoms with Gasteiger partial charge in [-0.2, -0.15) is 0 Å². The summed E-state index contributed by atoms with van der Waals surface area (Å²) in [6, 6.07) is 1.32. The molecule has 0 saturated carbocycles. The van der Waals surface area contributed by atoms with Crippen molar-refractivity contribution in [2.45, 2.75) is 64.5 Å². The summed E-state index contributed by atoms with van der Waals surface area (Å²) in [5.74, 6) is -0.836. The van der Waals surface area contributed by atoms with Crippen molar-refractivity contribution >= 4 is 20.3 Å². The lowest BCUT2D eigenvalue weighted by atomic mass is 10.3. The van der Waals surface area contributed by atoms with Gasteiger partial charge in [0.2, 0.25) is 0 Å². The Morgan fingerprint density at radius 3 is 2.71 bits per heavy atom. The maximum absolute atomic E-state index is 10.7. The van der Waals surface area contributed by atoms with Gasteiger partial charge in [-0.15, -0.1) is 5.10 Å². The van der Waals surface area contributed by atoms with Gasteiger partial charge in [0.05, 0.1) is 12.1 Å². The van der Waals surface area contributed by atoms with Crippen LogP contribution in [0.4, 0.5) is 0 Å². The van der Waals surface area contributed by atoms with Gasteiger partial charge in [-0.25, -0.2) is 0 Å². The maximum atomic E-state index is 10.7. The number of aliphatic carboxylic acids is 1. The van der Waals surface area contributed by atoms with Crippen LogP contribution in [0.5, 0.6) is 0 Å². The second kappa shape index (κ2) is 10.3. The van der Waals surface area contributed by atoms with E-state index < -0.39 is 14.0 Å². The van der Waals surface area contributed by atoms with Crippen molar-refractivity contribution < 1.29 is 14.7 Å². The molecule has 0 saturated heterocycles. The van der Waals surface area contributed by atoms with E-state index in [1.807, 2.05) is 15.8 Å². The second-order valence-corrected chi connectivity index (χ2v) is 13.0. The fourth-order valence-corrected chi connectivity index (χ4v) is 3.75. The smallest absolute Gasteiger partial charge is 0.304 e. The number of unbranched alkanes of at least 4 members (excludes halogenated alkanes) is 1. The summed E-state index contributed by atoms with van der Waals surface area (Å²) < 4.78 is 1.86. The highest BCUT2D eigenvalue weighted by Gasteiger charge is 2.13. The standard InChI is InChI=1S/C16H30N4O3Si/c1-24(2,3)12-5-4-9-20-14-15(17-18-20)13-19(8-6-11-21)10-7-16(22)23/h11,14H,4-10,12-13H2,1-3H3,(H,22,23). The predicted octanol–water partition coefficient (Wildman–Crippen LogP) is 2.26. The van der Waals surface area contributed by atoms with E-state index in [1.54, 1.807) is 0 Å². The number of carboxylic acid groups (broad SMARTS) is 1. The highest BCUT2D eigenvalue weighted by molar-refractivity contribution is 6.76. The number of carbonyl (C=O) groups is 2. The normalized spacial score (nSPS) is 11.8. The SMILES string of the molecule is C[Si](C)(C)CCCCn1cc(CN(CCC=O)CCC(=O)O)nn1. The number of carbonyl (C=O) groups excluding carboxylic acids is 1. The van der Waals surface area contributed by atoms with Gasteiger partial charge in [-0.05, 0) is 6.42 Å². The van der Waals surface area contributed by atoms with Crippen LogP contribution in [0.2, 0.25) is 25.7 Å². The molecule has 136 valence electrons. The minimum absolute atomic E-state index is 0.0592. The van der Waals surface area contributed by atoms with Gasteiger partial charge in [0, 0.05) is 46.9 Å². The molecule has 0 aliphatic carbocycles. The van der Waals surface area contributed by atoms with Crippen LogP contribution in [0.1, 0.15) is 31.4 Å². The largest absolute Gasteiger partial charge is 0.481 e. The van der Waals surface area contributed by atoms with Gasteiger partial charge in [0.25, 0.3) is 0 Å². The topological polar surface area (TPSA) is 88.3 Å². The van der Waals surface area contributed by atoms with Crippen molar-refractivity contribution in [3.05, 3.63) is 11.9 Å². The van der Waals surface area contributed by atoms with Crippen LogP contribution in [0.25, 0.3) is 0 Å². The lowest BCUT2D eigenvalue weighted by Crippen LogP contribution is -2.27. The Labute approximate surface area is 145 Å². The van der Waals surface area contributed by atoms with Crippen LogP contribution < -0.4 is 0 Å². The first-order valence-corrected chi connectivity index (χ1v) is 12.3. The number of aryl methyl sites for hydroxylation is 1. The number of aromatic nitrogens is 3. The third-order valence-corrected chi connectivity index (χ3v) is 5.59. The fraction of sp³-hybridized carbons (Fsp3) is 0.750. The maximum Gasteiger partial charge on any atom is 0.304 e. The van der Waals surface area contributed by atoms with Crippen molar-refractivity contribution in [2.75, 3.05) is 13.1 Å². The molecule has 0 fully saturated rings. The Morgan fingerprint density at radius 1 is 1.33 bits per heavy atom. The van der Waals surface area contributed by atoms with Crippen LogP contribution in [0.15, 0.2) is 6.20 Å². The lowest BCUT2D eigenvalue weighted by Gasteiger charge is -2.18. The minimum Gasteiger partial charge on any atom is -0.481 e. The van der Waals surface area contributed by atoms with Crippen molar-refractivity contribution in [3.63, 3.8) is 0 Å². The number of nitrogens with zero attached hydrogens (tertiary/aromatic N) is 4. The summed E-state index contributed by atoms with van der Waals surface area (Å²) in [4.78, 5) is 23.2.